The third kappa shape index (κ3) is 57.0. The molecule has 0 aromatic heterocycles. The second-order valence-corrected chi connectivity index (χ2v) is 2.45. The van der Waals surface area contributed by atoms with Gasteiger partial charge in [0.2, 0.25) is 0 Å². The molecule has 0 unspecified atom stereocenters. The number of hydrogen-bond donors (Lipinski definition) is 0. The van der Waals surface area contributed by atoms with Crippen molar-refractivity contribution >= 4 is 88.1 Å². The van der Waals surface area contributed by atoms with Crippen LogP contribution in [0.25, 0.3) is 0 Å². The maximum atomic E-state index is 8.89. The minimum atomic E-state index is -4.33. The molecule has 0 aliphatic carbocycles. The van der Waals surface area contributed by atoms with Gasteiger partial charge < -0.3 is 16.2 Å². The van der Waals surface area contributed by atoms with Crippen molar-refractivity contribution in [2.24, 2.45) is 0 Å². The van der Waals surface area contributed by atoms with E-state index in [1.165, 1.54) is 0 Å². The fourth-order valence-electron chi connectivity index (χ4n) is 0. The molecule has 0 fully saturated rings. The van der Waals surface area contributed by atoms with Gasteiger partial charge in [-0.15, -0.1) is 0 Å². The topological polar surface area (TPSA) is 57.2 Å². The van der Waals surface area contributed by atoms with E-state index in [4.69, 9.17) is 13.0 Å². The van der Waals surface area contributed by atoms with Crippen LogP contribution in [-0.2, 0) is 20.8 Å². The molecule has 0 saturated carbocycles. The fourth-order valence-corrected chi connectivity index (χ4v) is 0. The van der Waals surface area contributed by atoms with E-state index < -0.39 is 9.15 Å². The Morgan fingerprint density at radius 1 is 1.43 bits per heavy atom. The van der Waals surface area contributed by atoms with Crippen LogP contribution in [0.5, 0.6) is 0 Å². The molecule has 0 amide bonds. The van der Waals surface area contributed by atoms with Crippen molar-refractivity contribution in [2.45, 2.75) is 0 Å². The van der Waals surface area contributed by atoms with E-state index in [2.05, 4.69) is 11.7 Å². The third-order valence-electron chi connectivity index (χ3n) is 0. The molecule has 0 aliphatic heterocycles. The summed E-state index contributed by atoms with van der Waals surface area (Å²) in [5.74, 6) is 0. The van der Waals surface area contributed by atoms with Crippen molar-refractivity contribution < 1.29 is 13.0 Å². The van der Waals surface area contributed by atoms with Crippen LogP contribution in [-0.4, -0.2) is 80.3 Å². The number of rotatable bonds is 0. The van der Waals surface area contributed by atoms with E-state index in [0.29, 0.717) is 0 Å². The molecule has 0 aromatic carbocycles. The summed E-state index contributed by atoms with van der Waals surface area (Å²) in [5, 5.41) is 0. The standard InChI is InChI=1S/Ca.Na.H2O3S2.H/c;;1-5(2,3)4;/h;;(H2,1,2,3,4);/q+2;;;/p-2. The van der Waals surface area contributed by atoms with Gasteiger partial charge in [-0.1, -0.05) is 0 Å². The second kappa shape index (κ2) is 6.64. The van der Waals surface area contributed by atoms with Gasteiger partial charge in [-0.2, -0.15) is 0 Å². The van der Waals surface area contributed by atoms with E-state index in [9.17, 15) is 0 Å². The monoisotopic (exact) mass is 176 g/mol. The average Bonchev–Trinajstić information content (AvgIpc) is 0.722. The quantitative estimate of drug-likeness (QED) is 0.185. The molecule has 0 rings (SSSR count). The van der Waals surface area contributed by atoms with Crippen LogP contribution >= 0.6 is 0 Å². The third-order valence-corrected chi connectivity index (χ3v) is 0. The predicted molar refractivity (Wildman–Crippen MR) is 30.0 cm³/mol. The molecule has 0 bridgehead atoms. The summed E-state index contributed by atoms with van der Waals surface area (Å²) in [4.78, 5) is 0. The molecule has 34 valence electrons. The van der Waals surface area contributed by atoms with Crippen LogP contribution in [0.4, 0.5) is 0 Å². The minimum absolute atomic E-state index is 0. The first-order chi connectivity index (χ1) is 2.00. The van der Waals surface area contributed by atoms with E-state index in [1.807, 2.05) is 0 Å². The van der Waals surface area contributed by atoms with Crippen LogP contribution in [0.3, 0.4) is 0 Å². The second-order valence-electron chi connectivity index (χ2n) is 0.408. The number of hydrogen-bond acceptors (Lipinski definition) is 4. The Balaban J connectivity index is -0.0000000800. The predicted octanol–water partition coefficient (Wildman–Crippen LogP) is -2.04. The molecular weight excluding hydrogens is 175 g/mol. The van der Waals surface area contributed by atoms with Crippen molar-refractivity contribution in [1.29, 1.82) is 0 Å². The van der Waals surface area contributed by atoms with Gasteiger partial charge in [0.05, 0.1) is 0 Å². The van der Waals surface area contributed by atoms with Gasteiger partial charge >= 0.3 is 67.3 Å². The Morgan fingerprint density at radius 2 is 1.43 bits per heavy atom. The van der Waals surface area contributed by atoms with E-state index in [1.54, 1.807) is 0 Å². The Hall–Kier alpha value is 2.52. The molecule has 0 radical (unpaired) electrons. The molecular formula is HCaNaO3S2. The van der Waals surface area contributed by atoms with Crippen molar-refractivity contribution in [2.75, 3.05) is 0 Å². The van der Waals surface area contributed by atoms with Crippen molar-refractivity contribution in [3.05, 3.63) is 0 Å². The molecule has 7 heteroatoms. The molecule has 0 atom stereocenters. The van der Waals surface area contributed by atoms with Gasteiger partial charge in [0.25, 0.3) is 0 Å². The first-order valence-electron chi connectivity index (χ1n) is 0.667. The maximum absolute atomic E-state index is 8.89. The van der Waals surface area contributed by atoms with Crippen LogP contribution < -0.4 is 0 Å². The van der Waals surface area contributed by atoms with E-state index in [-0.39, 0.29) is 67.3 Å². The summed E-state index contributed by atoms with van der Waals surface area (Å²) < 4.78 is 26.7. The summed E-state index contributed by atoms with van der Waals surface area (Å²) in [6.07, 6.45) is 0. The van der Waals surface area contributed by atoms with E-state index in [0.717, 1.165) is 0 Å². The Bertz CT molecular complexity index is 96.1. The van der Waals surface area contributed by atoms with Crippen LogP contribution in [0.15, 0.2) is 0 Å². The van der Waals surface area contributed by atoms with E-state index >= 15 is 0 Å². The summed E-state index contributed by atoms with van der Waals surface area (Å²) >= 11 is 3.24. The molecule has 0 spiro atoms. The van der Waals surface area contributed by atoms with Gasteiger partial charge in [-0.25, -0.2) is 0 Å². The molecule has 3 nitrogen and oxygen atoms in total. The summed E-state index contributed by atoms with van der Waals surface area (Å²) in [7, 11) is -4.33. The fraction of sp³-hybridized carbons (Fsp3) is 0. The van der Waals surface area contributed by atoms with Crippen LogP contribution in [0.1, 0.15) is 0 Å². The molecule has 0 N–H and O–H groups in total. The van der Waals surface area contributed by atoms with Gasteiger partial charge in [-0.05, 0) is 9.15 Å². The Morgan fingerprint density at radius 3 is 1.43 bits per heavy atom. The van der Waals surface area contributed by atoms with Crippen LogP contribution in [0.2, 0.25) is 0 Å². The van der Waals surface area contributed by atoms with Gasteiger partial charge in [0.1, 0.15) is 0 Å². The zero-order valence-corrected chi connectivity index (χ0v) is 6.59. The normalized spacial score (nSPS) is 8.29. The van der Waals surface area contributed by atoms with Gasteiger partial charge in [-0.3, -0.25) is 8.42 Å². The van der Waals surface area contributed by atoms with Crippen molar-refractivity contribution in [1.82, 2.24) is 0 Å². The zero-order chi connectivity index (χ0) is 4.50. The summed E-state index contributed by atoms with van der Waals surface area (Å²) in [5.41, 5.74) is 0. The van der Waals surface area contributed by atoms with Crippen molar-refractivity contribution in [3.63, 3.8) is 0 Å². The molecule has 0 heterocycles. The van der Waals surface area contributed by atoms with Gasteiger partial charge in [0.15, 0.2) is 0 Å². The first kappa shape index (κ1) is 16.3. The molecule has 0 saturated heterocycles. The SMILES string of the molecule is O=S(=O)([O-])[S-].[Ca+2].[NaH]. The summed E-state index contributed by atoms with van der Waals surface area (Å²) in [6, 6.07) is 0. The molecule has 0 aromatic rings. The average molecular weight is 176 g/mol. The van der Waals surface area contributed by atoms with Gasteiger partial charge in [0, 0.05) is 0 Å². The first-order valence-corrected chi connectivity index (χ1v) is 3.00. The molecule has 7 heavy (non-hydrogen) atoms. The van der Waals surface area contributed by atoms with Crippen LogP contribution in [0, 0.1) is 0 Å². The zero-order valence-electron chi connectivity index (χ0n) is 2.75. The summed E-state index contributed by atoms with van der Waals surface area (Å²) in [6.45, 7) is 0. The molecule has 0 aliphatic rings. The Labute approximate surface area is 99.1 Å². The van der Waals surface area contributed by atoms with Crippen molar-refractivity contribution in [3.8, 4) is 0 Å². The Kier molecular flexibility index (Phi) is 15.4.